The summed E-state index contributed by atoms with van der Waals surface area (Å²) in [5.74, 6) is -0.945. The van der Waals surface area contributed by atoms with Gasteiger partial charge in [0.2, 0.25) is 0 Å². The summed E-state index contributed by atoms with van der Waals surface area (Å²) in [6.45, 7) is 3.96. The molecule has 0 saturated heterocycles. The first-order valence-corrected chi connectivity index (χ1v) is 6.03. The van der Waals surface area contributed by atoms with Crippen LogP contribution < -0.4 is 0 Å². The molecule has 5 heteroatoms. The monoisotopic (exact) mass is 238 g/mol. The zero-order valence-electron chi connectivity index (χ0n) is 9.84. The van der Waals surface area contributed by atoms with Gasteiger partial charge in [-0.25, -0.2) is 4.79 Å². The van der Waals surface area contributed by atoms with E-state index in [1.165, 1.54) is 4.90 Å². The van der Waals surface area contributed by atoms with Crippen molar-refractivity contribution in [1.29, 1.82) is 0 Å². The molecule has 0 heterocycles. The number of carbonyl (C=O) groups is 2. The number of amides is 2. The lowest BCUT2D eigenvalue weighted by atomic mass is 10.4. The second-order valence-electron chi connectivity index (χ2n) is 4.71. The molecule has 94 valence electrons. The van der Waals surface area contributed by atoms with Gasteiger partial charge in [-0.15, -0.1) is 6.58 Å². The average Bonchev–Trinajstić information content (AvgIpc) is 3.14. The number of urea groups is 1. The van der Waals surface area contributed by atoms with Gasteiger partial charge in [-0.05, 0) is 25.7 Å². The van der Waals surface area contributed by atoms with Crippen LogP contribution in [-0.2, 0) is 4.79 Å². The summed E-state index contributed by atoms with van der Waals surface area (Å²) in [6.07, 6.45) is 5.58. The Morgan fingerprint density at radius 2 is 1.71 bits per heavy atom. The first-order valence-electron chi connectivity index (χ1n) is 6.03. The van der Waals surface area contributed by atoms with E-state index < -0.39 is 5.97 Å². The zero-order chi connectivity index (χ0) is 12.4. The van der Waals surface area contributed by atoms with Gasteiger partial charge in [0.05, 0.1) is 0 Å². The van der Waals surface area contributed by atoms with Crippen molar-refractivity contribution in [2.24, 2.45) is 0 Å². The Balaban J connectivity index is 2.02. The predicted octanol–water partition coefficient (Wildman–Crippen LogP) is 1.31. The summed E-state index contributed by atoms with van der Waals surface area (Å²) < 4.78 is 0. The average molecular weight is 238 g/mol. The van der Waals surface area contributed by atoms with Crippen LogP contribution in [0.4, 0.5) is 4.79 Å². The van der Waals surface area contributed by atoms with Crippen molar-refractivity contribution >= 4 is 12.0 Å². The number of carboxylic acids is 1. The Morgan fingerprint density at radius 3 is 2.12 bits per heavy atom. The first kappa shape index (κ1) is 12.0. The second kappa shape index (κ2) is 4.77. The summed E-state index contributed by atoms with van der Waals surface area (Å²) in [6, 6.07) is 0.275. The molecule has 5 nitrogen and oxygen atoms in total. The van der Waals surface area contributed by atoms with E-state index in [4.69, 9.17) is 5.11 Å². The topological polar surface area (TPSA) is 60.9 Å². The molecule has 0 aliphatic heterocycles. The van der Waals surface area contributed by atoms with Crippen molar-refractivity contribution in [3.05, 3.63) is 12.7 Å². The van der Waals surface area contributed by atoms with Crippen molar-refractivity contribution < 1.29 is 14.7 Å². The molecule has 2 rings (SSSR count). The second-order valence-corrected chi connectivity index (χ2v) is 4.71. The van der Waals surface area contributed by atoms with Crippen molar-refractivity contribution in [2.75, 3.05) is 13.1 Å². The van der Waals surface area contributed by atoms with Crippen LogP contribution in [0.3, 0.4) is 0 Å². The third kappa shape index (κ3) is 2.99. The van der Waals surface area contributed by atoms with Gasteiger partial charge in [-0.2, -0.15) is 0 Å². The summed E-state index contributed by atoms with van der Waals surface area (Å²) >= 11 is 0. The molecule has 0 spiro atoms. The molecule has 0 radical (unpaired) electrons. The van der Waals surface area contributed by atoms with Crippen LogP contribution in [0.1, 0.15) is 25.7 Å². The molecular formula is C12H18N2O3. The number of carboxylic acid groups (broad SMARTS) is 1. The maximum atomic E-state index is 12.3. The molecule has 17 heavy (non-hydrogen) atoms. The lowest BCUT2D eigenvalue weighted by Gasteiger charge is -2.29. The smallest absolute Gasteiger partial charge is 0.323 e. The summed E-state index contributed by atoms with van der Waals surface area (Å²) in [4.78, 5) is 26.3. The number of rotatable bonds is 6. The normalized spacial score (nSPS) is 18.6. The van der Waals surface area contributed by atoms with E-state index in [1.807, 2.05) is 0 Å². The van der Waals surface area contributed by atoms with Gasteiger partial charge in [0, 0.05) is 18.6 Å². The largest absolute Gasteiger partial charge is 0.480 e. The van der Waals surface area contributed by atoms with Gasteiger partial charge < -0.3 is 14.9 Å². The van der Waals surface area contributed by atoms with Gasteiger partial charge in [0.1, 0.15) is 6.54 Å². The summed E-state index contributed by atoms with van der Waals surface area (Å²) in [7, 11) is 0. The van der Waals surface area contributed by atoms with Gasteiger partial charge in [-0.1, -0.05) is 6.08 Å². The number of aliphatic carboxylic acids is 1. The Morgan fingerprint density at radius 1 is 1.18 bits per heavy atom. The molecule has 2 fully saturated rings. The number of nitrogens with zero attached hydrogens (tertiary/aromatic N) is 2. The van der Waals surface area contributed by atoms with Crippen LogP contribution in [0, 0.1) is 0 Å². The molecule has 0 unspecified atom stereocenters. The van der Waals surface area contributed by atoms with E-state index in [1.54, 1.807) is 11.0 Å². The minimum atomic E-state index is -0.945. The van der Waals surface area contributed by atoms with Gasteiger partial charge in [0.15, 0.2) is 0 Å². The fraction of sp³-hybridized carbons (Fsp3) is 0.667. The maximum absolute atomic E-state index is 12.3. The minimum Gasteiger partial charge on any atom is -0.480 e. The number of carbonyl (C=O) groups excluding carboxylic acids is 1. The maximum Gasteiger partial charge on any atom is 0.323 e. The summed E-state index contributed by atoms with van der Waals surface area (Å²) in [5.41, 5.74) is 0. The van der Waals surface area contributed by atoms with Crippen molar-refractivity contribution in [1.82, 2.24) is 9.80 Å². The third-order valence-corrected chi connectivity index (χ3v) is 3.10. The lowest BCUT2D eigenvalue weighted by molar-refractivity contribution is -0.137. The molecule has 1 N–H and O–H groups in total. The highest BCUT2D eigenvalue weighted by Gasteiger charge is 2.40. The van der Waals surface area contributed by atoms with Crippen LogP contribution in [0.2, 0.25) is 0 Å². The molecule has 2 saturated carbocycles. The van der Waals surface area contributed by atoms with E-state index in [2.05, 4.69) is 6.58 Å². The molecular weight excluding hydrogens is 220 g/mol. The molecule has 0 aromatic carbocycles. The number of hydrogen-bond donors (Lipinski definition) is 1. The predicted molar refractivity (Wildman–Crippen MR) is 62.7 cm³/mol. The Labute approximate surface area is 101 Å². The Kier molecular flexibility index (Phi) is 3.36. The van der Waals surface area contributed by atoms with Gasteiger partial charge in [-0.3, -0.25) is 4.79 Å². The standard InChI is InChI=1S/C12H18N2O3/c1-2-7-13(9-3-4-9)12(17)14(8-11(15)16)10-5-6-10/h2,9-10H,1,3-8H2,(H,15,16). The molecule has 0 aromatic heterocycles. The molecule has 2 aliphatic carbocycles. The van der Waals surface area contributed by atoms with Crippen LogP contribution >= 0.6 is 0 Å². The van der Waals surface area contributed by atoms with E-state index in [0.29, 0.717) is 6.54 Å². The van der Waals surface area contributed by atoms with E-state index >= 15 is 0 Å². The van der Waals surface area contributed by atoms with Crippen molar-refractivity contribution in [3.8, 4) is 0 Å². The molecule has 0 atom stereocenters. The van der Waals surface area contributed by atoms with Crippen molar-refractivity contribution in [2.45, 2.75) is 37.8 Å². The quantitative estimate of drug-likeness (QED) is 0.710. The van der Waals surface area contributed by atoms with Crippen LogP contribution in [-0.4, -0.2) is 52.1 Å². The zero-order valence-corrected chi connectivity index (χ0v) is 9.84. The molecule has 2 amide bonds. The SMILES string of the molecule is C=CCN(C(=O)N(CC(=O)O)C1CC1)C1CC1. The highest BCUT2D eigenvalue weighted by atomic mass is 16.4. The van der Waals surface area contributed by atoms with Crippen LogP contribution in [0.25, 0.3) is 0 Å². The minimum absolute atomic E-state index is 0.129. The van der Waals surface area contributed by atoms with E-state index in [9.17, 15) is 9.59 Å². The lowest BCUT2D eigenvalue weighted by Crippen LogP contribution is -2.47. The Hall–Kier alpha value is -1.52. The molecule has 0 aromatic rings. The van der Waals surface area contributed by atoms with Crippen molar-refractivity contribution in [3.63, 3.8) is 0 Å². The van der Waals surface area contributed by atoms with Gasteiger partial charge in [0.25, 0.3) is 0 Å². The molecule has 0 bridgehead atoms. The van der Waals surface area contributed by atoms with E-state index in [0.717, 1.165) is 25.7 Å². The molecule has 2 aliphatic rings. The number of hydrogen-bond acceptors (Lipinski definition) is 2. The Bertz CT molecular complexity index is 335. The first-order chi connectivity index (χ1) is 8.13. The highest BCUT2D eigenvalue weighted by Crippen LogP contribution is 2.32. The highest BCUT2D eigenvalue weighted by molar-refractivity contribution is 5.81. The fourth-order valence-corrected chi connectivity index (χ4v) is 1.96. The summed E-state index contributed by atoms with van der Waals surface area (Å²) in [5, 5.41) is 8.84. The third-order valence-electron chi connectivity index (χ3n) is 3.10. The fourth-order valence-electron chi connectivity index (χ4n) is 1.96. The van der Waals surface area contributed by atoms with E-state index in [-0.39, 0.29) is 24.7 Å². The van der Waals surface area contributed by atoms with Gasteiger partial charge >= 0.3 is 12.0 Å². The van der Waals surface area contributed by atoms with Crippen LogP contribution in [0.5, 0.6) is 0 Å². The van der Waals surface area contributed by atoms with Crippen LogP contribution in [0.15, 0.2) is 12.7 Å².